The predicted molar refractivity (Wildman–Crippen MR) is 96.9 cm³/mol. The Hall–Kier alpha value is -3.18. The summed E-state index contributed by atoms with van der Waals surface area (Å²) >= 11 is 1.18. The summed E-state index contributed by atoms with van der Waals surface area (Å²) < 4.78 is 15.6. The van der Waals surface area contributed by atoms with Crippen molar-refractivity contribution in [3.05, 3.63) is 59.9 Å². The number of nitriles is 1. The van der Waals surface area contributed by atoms with Gasteiger partial charge in [-0.05, 0) is 24.3 Å². The molecule has 0 atom stereocenters. The minimum Gasteiger partial charge on any atom is -0.324 e. The van der Waals surface area contributed by atoms with Gasteiger partial charge in [0.15, 0.2) is 11.0 Å². The molecule has 3 aromatic rings. The van der Waals surface area contributed by atoms with Gasteiger partial charge in [-0.25, -0.2) is 4.39 Å². The number of hydrogen-bond donors (Lipinski definition) is 1. The first-order valence-electron chi connectivity index (χ1n) is 7.66. The molecule has 6 nitrogen and oxygen atoms in total. The highest BCUT2D eigenvalue weighted by atomic mass is 32.2. The number of hydrogen-bond acceptors (Lipinski definition) is 5. The van der Waals surface area contributed by atoms with E-state index >= 15 is 0 Å². The molecule has 130 valence electrons. The molecular formula is C18H14FN5OS. The number of nitrogens with zero attached hydrogens (tertiary/aromatic N) is 4. The van der Waals surface area contributed by atoms with Crippen LogP contribution >= 0.6 is 11.8 Å². The summed E-state index contributed by atoms with van der Waals surface area (Å²) in [4.78, 5) is 12.1. The number of halogens is 1. The summed E-state index contributed by atoms with van der Waals surface area (Å²) in [6, 6.07) is 15.1. The third-order valence-corrected chi connectivity index (χ3v) is 4.62. The molecule has 1 N–H and O–H groups in total. The number of thioether (sulfide) groups is 1. The normalized spacial score (nSPS) is 10.3. The monoisotopic (exact) mass is 367 g/mol. The summed E-state index contributed by atoms with van der Waals surface area (Å²) in [6.07, 6.45) is 0. The van der Waals surface area contributed by atoms with Crippen LogP contribution in [-0.2, 0) is 11.8 Å². The van der Waals surface area contributed by atoms with E-state index in [0.29, 0.717) is 27.8 Å². The van der Waals surface area contributed by atoms with Crippen molar-refractivity contribution in [3.63, 3.8) is 0 Å². The van der Waals surface area contributed by atoms with Crippen LogP contribution in [0.3, 0.4) is 0 Å². The molecule has 0 radical (unpaired) electrons. The molecule has 0 aliphatic rings. The number of amides is 1. The predicted octanol–water partition coefficient (Wildman–Crippen LogP) is 3.22. The number of benzene rings is 2. The molecule has 0 aliphatic heterocycles. The molecular weight excluding hydrogens is 353 g/mol. The third-order valence-electron chi connectivity index (χ3n) is 3.60. The molecule has 0 bridgehead atoms. The Balaban J connectivity index is 1.68. The van der Waals surface area contributed by atoms with E-state index < -0.39 is 0 Å². The Bertz CT molecular complexity index is 995. The SMILES string of the molecule is Cn1c(SCC(=O)Nc2ccccc2C#N)nnc1-c1ccccc1F. The van der Waals surface area contributed by atoms with Gasteiger partial charge in [-0.2, -0.15) is 5.26 Å². The zero-order valence-corrected chi connectivity index (χ0v) is 14.6. The van der Waals surface area contributed by atoms with Crippen LogP contribution in [0.15, 0.2) is 53.7 Å². The van der Waals surface area contributed by atoms with Crippen LogP contribution in [-0.4, -0.2) is 26.4 Å². The molecule has 2 aromatic carbocycles. The van der Waals surface area contributed by atoms with E-state index in [-0.39, 0.29) is 17.5 Å². The van der Waals surface area contributed by atoms with Crippen molar-refractivity contribution in [2.45, 2.75) is 5.16 Å². The van der Waals surface area contributed by atoms with Gasteiger partial charge in [-0.3, -0.25) is 4.79 Å². The van der Waals surface area contributed by atoms with Crippen LogP contribution in [0.1, 0.15) is 5.56 Å². The summed E-state index contributed by atoms with van der Waals surface area (Å²) in [6.45, 7) is 0. The van der Waals surface area contributed by atoms with Gasteiger partial charge in [0.2, 0.25) is 5.91 Å². The Morgan fingerprint density at radius 1 is 1.23 bits per heavy atom. The Morgan fingerprint density at radius 2 is 1.96 bits per heavy atom. The second-order valence-corrected chi connectivity index (χ2v) is 6.28. The Morgan fingerprint density at radius 3 is 2.73 bits per heavy atom. The number of anilines is 1. The van der Waals surface area contributed by atoms with Gasteiger partial charge in [-0.15, -0.1) is 10.2 Å². The van der Waals surface area contributed by atoms with E-state index in [1.807, 2.05) is 6.07 Å². The van der Waals surface area contributed by atoms with Crippen molar-refractivity contribution >= 4 is 23.4 Å². The molecule has 0 spiro atoms. The zero-order chi connectivity index (χ0) is 18.5. The van der Waals surface area contributed by atoms with Crippen molar-refractivity contribution in [2.75, 3.05) is 11.1 Å². The van der Waals surface area contributed by atoms with Gasteiger partial charge in [0, 0.05) is 7.05 Å². The Kier molecular flexibility index (Phi) is 5.29. The summed E-state index contributed by atoms with van der Waals surface area (Å²) in [5.74, 6) is -0.178. The maximum Gasteiger partial charge on any atom is 0.234 e. The first-order chi connectivity index (χ1) is 12.6. The van der Waals surface area contributed by atoms with Crippen molar-refractivity contribution in [1.82, 2.24) is 14.8 Å². The molecule has 1 amide bonds. The number of para-hydroxylation sites is 1. The van der Waals surface area contributed by atoms with Crippen LogP contribution in [0.4, 0.5) is 10.1 Å². The minimum atomic E-state index is -0.384. The molecule has 0 unspecified atom stereocenters. The van der Waals surface area contributed by atoms with Gasteiger partial charge in [0.1, 0.15) is 11.9 Å². The highest BCUT2D eigenvalue weighted by Crippen LogP contribution is 2.24. The van der Waals surface area contributed by atoms with E-state index in [1.165, 1.54) is 17.8 Å². The molecule has 0 saturated carbocycles. The van der Waals surface area contributed by atoms with Gasteiger partial charge >= 0.3 is 0 Å². The molecule has 1 aromatic heterocycles. The van der Waals surface area contributed by atoms with E-state index in [1.54, 1.807) is 54.1 Å². The fourth-order valence-electron chi connectivity index (χ4n) is 2.32. The second kappa shape index (κ2) is 7.80. The summed E-state index contributed by atoms with van der Waals surface area (Å²) in [5.41, 5.74) is 1.21. The summed E-state index contributed by atoms with van der Waals surface area (Å²) in [5, 5.41) is 20.3. The van der Waals surface area contributed by atoms with Crippen molar-refractivity contribution in [1.29, 1.82) is 5.26 Å². The first kappa shape index (κ1) is 17.6. The highest BCUT2D eigenvalue weighted by Gasteiger charge is 2.15. The topological polar surface area (TPSA) is 83.6 Å². The smallest absolute Gasteiger partial charge is 0.234 e. The first-order valence-corrected chi connectivity index (χ1v) is 8.65. The lowest BCUT2D eigenvalue weighted by Crippen LogP contribution is -2.15. The van der Waals surface area contributed by atoms with Crippen LogP contribution in [0.5, 0.6) is 0 Å². The van der Waals surface area contributed by atoms with Gasteiger partial charge < -0.3 is 9.88 Å². The van der Waals surface area contributed by atoms with Crippen molar-refractivity contribution in [2.24, 2.45) is 7.05 Å². The maximum atomic E-state index is 13.9. The third kappa shape index (κ3) is 3.73. The number of carbonyl (C=O) groups is 1. The number of aromatic nitrogens is 3. The molecule has 3 rings (SSSR count). The van der Waals surface area contributed by atoms with Crippen LogP contribution in [0.25, 0.3) is 11.4 Å². The largest absolute Gasteiger partial charge is 0.324 e. The minimum absolute atomic E-state index is 0.0863. The van der Waals surface area contributed by atoms with Crippen molar-refractivity contribution < 1.29 is 9.18 Å². The molecule has 8 heteroatoms. The maximum absolute atomic E-state index is 13.9. The van der Waals surface area contributed by atoms with Gasteiger partial charge in [-0.1, -0.05) is 36.0 Å². The van der Waals surface area contributed by atoms with E-state index in [9.17, 15) is 9.18 Å². The lowest BCUT2D eigenvalue weighted by molar-refractivity contribution is -0.113. The standard InChI is InChI=1S/C18H14FN5OS/c1-24-17(13-7-3-4-8-14(13)19)22-23-18(24)26-11-16(25)21-15-9-5-2-6-12(15)10-20/h2-9H,11H2,1H3,(H,21,25). The number of rotatable bonds is 5. The fraction of sp³-hybridized carbons (Fsp3) is 0.111. The van der Waals surface area contributed by atoms with Gasteiger partial charge in [0.25, 0.3) is 0 Å². The van der Waals surface area contributed by atoms with Crippen LogP contribution < -0.4 is 5.32 Å². The lowest BCUT2D eigenvalue weighted by Gasteiger charge is -2.07. The van der Waals surface area contributed by atoms with E-state index in [0.717, 1.165) is 0 Å². The average Bonchev–Trinajstić information content (AvgIpc) is 3.01. The number of carbonyl (C=O) groups excluding carboxylic acids is 1. The quantitative estimate of drug-likeness (QED) is 0.700. The number of nitrogens with one attached hydrogen (secondary N) is 1. The van der Waals surface area contributed by atoms with E-state index in [4.69, 9.17) is 5.26 Å². The van der Waals surface area contributed by atoms with Gasteiger partial charge in [0.05, 0.1) is 22.6 Å². The molecule has 0 aliphatic carbocycles. The molecule has 26 heavy (non-hydrogen) atoms. The fourth-order valence-corrected chi connectivity index (χ4v) is 3.03. The van der Waals surface area contributed by atoms with Crippen LogP contribution in [0, 0.1) is 17.1 Å². The van der Waals surface area contributed by atoms with Crippen molar-refractivity contribution in [3.8, 4) is 17.5 Å². The van der Waals surface area contributed by atoms with E-state index in [2.05, 4.69) is 15.5 Å². The lowest BCUT2D eigenvalue weighted by atomic mass is 10.2. The Labute approximate surface area is 153 Å². The molecule has 0 saturated heterocycles. The molecule has 0 fully saturated rings. The highest BCUT2D eigenvalue weighted by molar-refractivity contribution is 7.99. The molecule has 1 heterocycles. The zero-order valence-electron chi connectivity index (χ0n) is 13.8. The average molecular weight is 367 g/mol. The van der Waals surface area contributed by atoms with Crippen LogP contribution in [0.2, 0.25) is 0 Å². The summed E-state index contributed by atoms with van der Waals surface area (Å²) in [7, 11) is 1.72. The second-order valence-electron chi connectivity index (χ2n) is 5.34.